The van der Waals surface area contributed by atoms with E-state index in [1.807, 2.05) is 27.7 Å². The van der Waals surface area contributed by atoms with Gasteiger partial charge < -0.3 is 14.4 Å². The van der Waals surface area contributed by atoms with Gasteiger partial charge in [-0.1, -0.05) is 0 Å². The average molecular weight is 238 g/mol. The molecule has 1 aliphatic heterocycles. The molecule has 6 nitrogen and oxygen atoms in total. The van der Waals surface area contributed by atoms with Crippen LogP contribution in [0.1, 0.15) is 38.2 Å². The van der Waals surface area contributed by atoms with Crippen LogP contribution in [0, 0.1) is 0 Å². The van der Waals surface area contributed by atoms with E-state index in [0.29, 0.717) is 5.46 Å². The molecule has 1 aromatic heterocycles. The molecule has 7 heteroatoms. The van der Waals surface area contributed by atoms with E-state index < -0.39 is 24.3 Å². The van der Waals surface area contributed by atoms with Gasteiger partial charge in [0.1, 0.15) is 5.69 Å². The van der Waals surface area contributed by atoms with E-state index in [-0.39, 0.29) is 5.69 Å². The molecule has 0 amide bonds. The first-order valence-electron chi connectivity index (χ1n) is 5.37. The van der Waals surface area contributed by atoms with Crippen molar-refractivity contribution in [3.63, 3.8) is 0 Å². The average Bonchev–Trinajstić information content (AvgIpc) is 2.69. The second-order valence-corrected chi connectivity index (χ2v) is 5.09. The van der Waals surface area contributed by atoms with E-state index in [0.717, 1.165) is 0 Å². The summed E-state index contributed by atoms with van der Waals surface area (Å²) in [5.41, 5.74) is -0.574. The van der Waals surface area contributed by atoms with Gasteiger partial charge in [-0.15, -0.1) is 0 Å². The van der Waals surface area contributed by atoms with Crippen molar-refractivity contribution in [1.29, 1.82) is 0 Å². The largest absolute Gasteiger partial charge is 0.498 e. The van der Waals surface area contributed by atoms with Gasteiger partial charge in [-0.2, -0.15) is 5.10 Å². The van der Waals surface area contributed by atoms with Crippen LogP contribution >= 0.6 is 0 Å². The summed E-state index contributed by atoms with van der Waals surface area (Å²) in [5.74, 6) is -1.08. The highest BCUT2D eigenvalue weighted by Crippen LogP contribution is 2.36. The Bertz CT molecular complexity index is 439. The fraction of sp³-hybridized carbons (Fsp3) is 0.600. The molecule has 0 aromatic carbocycles. The third-order valence-corrected chi connectivity index (χ3v) is 3.39. The molecule has 2 N–H and O–H groups in total. The Morgan fingerprint density at radius 2 is 1.88 bits per heavy atom. The fourth-order valence-electron chi connectivity index (χ4n) is 1.62. The van der Waals surface area contributed by atoms with Crippen LogP contribution < -0.4 is 5.46 Å². The molecule has 0 spiro atoms. The fourth-order valence-corrected chi connectivity index (χ4v) is 1.62. The number of aromatic carboxylic acids is 1. The number of rotatable bonds is 2. The first kappa shape index (κ1) is 12.1. The molecule has 0 bridgehead atoms. The quantitative estimate of drug-likeness (QED) is 0.729. The maximum atomic E-state index is 11.0. The Morgan fingerprint density at radius 1 is 1.35 bits per heavy atom. The molecule has 0 saturated carbocycles. The second-order valence-electron chi connectivity index (χ2n) is 5.09. The minimum absolute atomic E-state index is 0.00324. The van der Waals surface area contributed by atoms with E-state index in [9.17, 15) is 4.79 Å². The van der Waals surface area contributed by atoms with Crippen molar-refractivity contribution in [2.24, 2.45) is 0 Å². The van der Waals surface area contributed by atoms with Crippen LogP contribution in [0.15, 0.2) is 6.20 Å². The molecule has 0 aliphatic carbocycles. The van der Waals surface area contributed by atoms with Crippen molar-refractivity contribution in [3.05, 3.63) is 11.9 Å². The van der Waals surface area contributed by atoms with Gasteiger partial charge in [-0.25, -0.2) is 4.79 Å². The number of aromatic amines is 1. The third-order valence-electron chi connectivity index (χ3n) is 3.39. The molecule has 92 valence electrons. The highest BCUT2D eigenvalue weighted by atomic mass is 16.7. The summed E-state index contributed by atoms with van der Waals surface area (Å²) in [5, 5.41) is 15.1. The first-order chi connectivity index (χ1) is 7.74. The second kappa shape index (κ2) is 3.58. The van der Waals surface area contributed by atoms with Crippen molar-refractivity contribution in [1.82, 2.24) is 10.2 Å². The molecular weight excluding hydrogens is 223 g/mol. The zero-order chi connectivity index (χ0) is 12.8. The smallest absolute Gasteiger partial charge is 0.477 e. The number of nitrogens with one attached hydrogen (secondary N) is 1. The molecule has 1 aromatic rings. The van der Waals surface area contributed by atoms with E-state index >= 15 is 0 Å². The molecule has 0 radical (unpaired) electrons. The topological polar surface area (TPSA) is 84.4 Å². The molecule has 2 heterocycles. The summed E-state index contributed by atoms with van der Waals surface area (Å²) in [7, 11) is -0.704. The van der Waals surface area contributed by atoms with Crippen LogP contribution in [-0.2, 0) is 9.31 Å². The number of H-pyrrole nitrogens is 1. The molecule has 2 rings (SSSR count). The molecule has 1 fully saturated rings. The minimum atomic E-state index is -1.08. The Hall–Kier alpha value is -1.34. The van der Waals surface area contributed by atoms with Gasteiger partial charge in [0.2, 0.25) is 0 Å². The van der Waals surface area contributed by atoms with Gasteiger partial charge in [0.25, 0.3) is 0 Å². The predicted molar refractivity (Wildman–Crippen MR) is 61.3 cm³/mol. The third kappa shape index (κ3) is 1.85. The molecule has 17 heavy (non-hydrogen) atoms. The Kier molecular flexibility index (Phi) is 2.55. The summed E-state index contributed by atoms with van der Waals surface area (Å²) in [6, 6.07) is 0. The molecule has 1 aliphatic rings. The van der Waals surface area contributed by atoms with E-state index in [1.54, 1.807) is 0 Å². The number of hydrogen-bond donors (Lipinski definition) is 2. The summed E-state index contributed by atoms with van der Waals surface area (Å²) in [4.78, 5) is 11.0. The summed E-state index contributed by atoms with van der Waals surface area (Å²) in [6.07, 6.45) is 1.42. The zero-order valence-electron chi connectivity index (χ0n) is 10.3. The van der Waals surface area contributed by atoms with Gasteiger partial charge in [0.15, 0.2) is 0 Å². The maximum absolute atomic E-state index is 11.0. The summed E-state index contributed by atoms with van der Waals surface area (Å²) >= 11 is 0. The van der Waals surface area contributed by atoms with Crippen molar-refractivity contribution >= 4 is 18.6 Å². The van der Waals surface area contributed by atoms with Crippen LogP contribution in [0.2, 0.25) is 0 Å². The molecular formula is C10H15BN2O4. The molecule has 0 unspecified atom stereocenters. The maximum Gasteiger partial charge on any atom is 0.498 e. The molecule has 1 saturated heterocycles. The minimum Gasteiger partial charge on any atom is -0.477 e. The monoisotopic (exact) mass is 238 g/mol. The van der Waals surface area contributed by atoms with E-state index in [1.165, 1.54) is 6.20 Å². The van der Waals surface area contributed by atoms with Crippen LogP contribution in [0.4, 0.5) is 0 Å². The van der Waals surface area contributed by atoms with Gasteiger partial charge in [-0.05, 0) is 27.7 Å². The Balaban J connectivity index is 2.32. The Morgan fingerprint density at radius 3 is 2.35 bits per heavy atom. The van der Waals surface area contributed by atoms with Crippen molar-refractivity contribution in [3.8, 4) is 0 Å². The highest BCUT2D eigenvalue weighted by molar-refractivity contribution is 6.63. The number of nitrogens with zero attached hydrogens (tertiary/aromatic N) is 1. The zero-order valence-corrected chi connectivity index (χ0v) is 10.3. The van der Waals surface area contributed by atoms with Crippen molar-refractivity contribution in [2.75, 3.05) is 0 Å². The van der Waals surface area contributed by atoms with Crippen LogP contribution in [0.5, 0.6) is 0 Å². The van der Waals surface area contributed by atoms with Crippen molar-refractivity contribution < 1.29 is 19.2 Å². The standard InChI is InChI=1S/C10H15BN2O4/c1-9(2)10(3,4)17-11(16-9)6-5-12-13-7(6)8(14)15/h5H,1-4H3,(H,12,13)(H,14,15). The van der Waals surface area contributed by atoms with Gasteiger partial charge in [0, 0.05) is 11.7 Å². The number of hydrogen-bond acceptors (Lipinski definition) is 4. The molecule has 0 atom stereocenters. The summed E-state index contributed by atoms with van der Waals surface area (Å²) < 4.78 is 11.5. The lowest BCUT2D eigenvalue weighted by molar-refractivity contribution is 0.00578. The lowest BCUT2D eigenvalue weighted by atomic mass is 9.79. The Labute approximate surface area is 99.5 Å². The number of carbonyl (C=O) groups is 1. The van der Waals surface area contributed by atoms with E-state index in [4.69, 9.17) is 14.4 Å². The van der Waals surface area contributed by atoms with E-state index in [2.05, 4.69) is 10.2 Å². The van der Waals surface area contributed by atoms with Gasteiger partial charge in [0.05, 0.1) is 11.2 Å². The summed E-state index contributed by atoms with van der Waals surface area (Å²) in [6.45, 7) is 7.64. The van der Waals surface area contributed by atoms with Gasteiger partial charge >= 0.3 is 13.1 Å². The van der Waals surface area contributed by atoms with Crippen LogP contribution in [0.3, 0.4) is 0 Å². The lowest BCUT2D eigenvalue weighted by Crippen LogP contribution is -2.41. The van der Waals surface area contributed by atoms with Crippen LogP contribution in [-0.4, -0.2) is 39.6 Å². The SMILES string of the molecule is CC1(C)OB(c2cn[nH]c2C(=O)O)OC1(C)C. The highest BCUT2D eigenvalue weighted by Gasteiger charge is 2.53. The number of carboxylic acid groups (broad SMARTS) is 1. The number of carboxylic acids is 1. The van der Waals surface area contributed by atoms with Gasteiger partial charge in [-0.3, -0.25) is 5.10 Å². The van der Waals surface area contributed by atoms with Crippen molar-refractivity contribution in [2.45, 2.75) is 38.9 Å². The number of aromatic nitrogens is 2. The first-order valence-corrected chi connectivity index (χ1v) is 5.37. The predicted octanol–water partition coefficient (Wildman–Crippen LogP) is 0.407. The normalized spacial score (nSPS) is 21.8. The lowest BCUT2D eigenvalue weighted by Gasteiger charge is -2.32. The van der Waals surface area contributed by atoms with Crippen LogP contribution in [0.25, 0.3) is 0 Å².